The molecule has 3 heterocycles. The molecule has 0 spiro atoms. The van der Waals surface area contributed by atoms with Crippen molar-refractivity contribution >= 4 is 17.5 Å². The van der Waals surface area contributed by atoms with Gasteiger partial charge in [0.2, 0.25) is 5.82 Å². The van der Waals surface area contributed by atoms with Crippen molar-refractivity contribution in [1.29, 1.82) is 0 Å². The van der Waals surface area contributed by atoms with Crippen LogP contribution in [-0.2, 0) is 11.2 Å². The third kappa shape index (κ3) is 4.47. The fourth-order valence-corrected chi connectivity index (χ4v) is 3.98. The zero-order valence-electron chi connectivity index (χ0n) is 19.1. The summed E-state index contributed by atoms with van der Waals surface area (Å²) < 4.78 is 7.42. The number of nitrogens with two attached hydrogens (primary N) is 1. The summed E-state index contributed by atoms with van der Waals surface area (Å²) in [4.78, 5) is 31.1. The maximum atomic E-state index is 13.5. The number of ether oxygens (including phenoxy) is 1. The molecule has 0 radical (unpaired) electrons. The highest BCUT2D eigenvalue weighted by molar-refractivity contribution is 5.98. The van der Waals surface area contributed by atoms with Gasteiger partial charge in [-0.25, -0.2) is 9.67 Å². The summed E-state index contributed by atoms with van der Waals surface area (Å²) in [5, 5.41) is 17.5. The minimum atomic E-state index is -1.03. The summed E-state index contributed by atoms with van der Waals surface area (Å²) in [6.07, 6.45) is 0.360. The number of benzene rings is 2. The van der Waals surface area contributed by atoms with Crippen LogP contribution in [0.3, 0.4) is 0 Å². The van der Waals surface area contributed by atoms with Crippen LogP contribution in [0.1, 0.15) is 33.6 Å². The predicted octanol–water partition coefficient (Wildman–Crippen LogP) is 0.250. The number of hydrogen-bond acceptors (Lipinski definition) is 7. The molecule has 3 aromatic rings. The van der Waals surface area contributed by atoms with E-state index in [4.69, 9.17) is 10.5 Å². The summed E-state index contributed by atoms with van der Waals surface area (Å²) in [6, 6.07) is 14.0. The first kappa shape index (κ1) is 22.6. The molecule has 5 rings (SSSR count). The van der Waals surface area contributed by atoms with E-state index in [1.807, 2.05) is 30.3 Å². The van der Waals surface area contributed by atoms with Crippen LogP contribution in [0.15, 0.2) is 48.5 Å². The fourth-order valence-electron chi connectivity index (χ4n) is 3.98. The molecule has 10 heteroatoms. The van der Waals surface area contributed by atoms with Crippen molar-refractivity contribution in [2.75, 3.05) is 31.6 Å². The summed E-state index contributed by atoms with van der Waals surface area (Å²) >= 11 is 0. The van der Waals surface area contributed by atoms with E-state index in [2.05, 4.69) is 27.2 Å². The van der Waals surface area contributed by atoms with E-state index in [0.29, 0.717) is 42.3 Å². The number of fused-ring (bicyclic) bond motifs is 1. The predicted molar refractivity (Wildman–Crippen MR) is 127 cm³/mol. The Kier molecular flexibility index (Phi) is 5.72. The Morgan fingerprint density at radius 1 is 1.29 bits per heavy atom. The Morgan fingerprint density at radius 2 is 2.06 bits per heavy atom. The summed E-state index contributed by atoms with van der Waals surface area (Å²) in [5.74, 6) is 5.57. The van der Waals surface area contributed by atoms with Gasteiger partial charge in [0.25, 0.3) is 11.8 Å². The molecule has 1 aromatic heterocycles. The van der Waals surface area contributed by atoms with Gasteiger partial charge < -0.3 is 25.8 Å². The zero-order chi connectivity index (χ0) is 24.6. The second-order valence-electron chi connectivity index (χ2n) is 8.61. The fraction of sp³-hybridized carbons (Fsp3) is 0.280. The van der Waals surface area contributed by atoms with Crippen molar-refractivity contribution in [3.63, 3.8) is 0 Å². The molecule has 0 aliphatic carbocycles. The van der Waals surface area contributed by atoms with Crippen LogP contribution in [0.5, 0.6) is 5.75 Å². The Hall–Kier alpha value is -4.20. The minimum absolute atomic E-state index is 0.00400. The normalized spacial score (nSPS) is 18.4. The van der Waals surface area contributed by atoms with E-state index < -0.39 is 17.6 Å². The molecule has 1 saturated heterocycles. The van der Waals surface area contributed by atoms with Gasteiger partial charge in [-0.05, 0) is 23.8 Å². The van der Waals surface area contributed by atoms with Crippen LogP contribution in [0, 0.1) is 11.8 Å². The summed E-state index contributed by atoms with van der Waals surface area (Å²) in [5.41, 5.74) is 6.54. The highest BCUT2D eigenvalue weighted by Crippen LogP contribution is 2.34. The zero-order valence-corrected chi connectivity index (χ0v) is 19.1. The number of nitrogens with zero attached hydrogens (tertiary/aromatic N) is 4. The lowest BCUT2D eigenvalue weighted by Gasteiger charge is -2.32. The first-order valence-corrected chi connectivity index (χ1v) is 11.1. The number of nitrogens with one attached hydrogen (secondary N) is 1. The number of aliphatic hydroxyl groups is 1. The summed E-state index contributed by atoms with van der Waals surface area (Å²) in [6.45, 7) is 0.839. The molecule has 0 saturated carbocycles. The van der Waals surface area contributed by atoms with Crippen LogP contribution in [0.2, 0.25) is 0 Å². The number of likely N-dealkylation sites (N-methyl/N-ethyl adjacent to an activating group) is 1. The Labute approximate surface area is 201 Å². The number of rotatable bonds is 4. The van der Waals surface area contributed by atoms with Crippen molar-refractivity contribution in [1.82, 2.24) is 20.1 Å². The third-order valence-corrected chi connectivity index (χ3v) is 6.03. The number of β-amino-alcohol motifs (C(OH)–C–C–N with tert-alkyl or cyclic N) is 1. The van der Waals surface area contributed by atoms with Crippen LogP contribution in [0.25, 0.3) is 0 Å². The maximum absolute atomic E-state index is 13.5. The molecule has 35 heavy (non-hydrogen) atoms. The molecule has 178 valence electrons. The van der Waals surface area contributed by atoms with Gasteiger partial charge >= 0.3 is 0 Å². The van der Waals surface area contributed by atoms with E-state index in [9.17, 15) is 14.7 Å². The number of aromatic nitrogens is 3. The van der Waals surface area contributed by atoms with Crippen LogP contribution < -0.4 is 20.7 Å². The Morgan fingerprint density at radius 3 is 2.74 bits per heavy atom. The third-order valence-electron chi connectivity index (χ3n) is 6.03. The molecule has 1 fully saturated rings. The minimum Gasteiger partial charge on any atom is -0.489 e. The molecule has 2 aliphatic heterocycles. The largest absolute Gasteiger partial charge is 0.489 e. The standard InChI is InChI=1S/C25H24N6O4/c1-30-18-11-17(9-10-25(34)14-27-15-25)7-8-20(18)35-13-19(24(30)33)31-21(28-23(29-31)22(26)32)12-16-5-3-2-4-6-16/h2-8,11,19,27,34H,12-15H2,1H3,(H2,26,32)/t19-/m0/s1. The van der Waals surface area contributed by atoms with Gasteiger partial charge in [0.1, 0.15) is 23.8 Å². The average molecular weight is 473 g/mol. The SMILES string of the molecule is CN1C(=O)[C@@H](n2nc(C(N)=O)nc2Cc2ccccc2)COc2ccc(C#CC3(O)CNC3)cc21. The van der Waals surface area contributed by atoms with Gasteiger partial charge in [0.15, 0.2) is 6.04 Å². The van der Waals surface area contributed by atoms with Crippen molar-refractivity contribution in [3.05, 3.63) is 71.3 Å². The Bertz CT molecular complexity index is 1350. The highest BCUT2D eigenvalue weighted by atomic mass is 16.5. The van der Waals surface area contributed by atoms with E-state index in [1.165, 1.54) is 9.58 Å². The molecule has 2 amide bonds. The van der Waals surface area contributed by atoms with Gasteiger partial charge in [-0.2, -0.15) is 0 Å². The van der Waals surface area contributed by atoms with Crippen LogP contribution >= 0.6 is 0 Å². The Balaban J connectivity index is 1.46. The maximum Gasteiger partial charge on any atom is 0.288 e. The first-order valence-electron chi connectivity index (χ1n) is 11.1. The number of carbonyl (C=O) groups is 2. The average Bonchev–Trinajstić information content (AvgIpc) is 3.21. The van der Waals surface area contributed by atoms with Crippen molar-refractivity contribution in [3.8, 4) is 17.6 Å². The van der Waals surface area contributed by atoms with Crippen molar-refractivity contribution in [2.24, 2.45) is 5.73 Å². The molecule has 0 bridgehead atoms. The van der Waals surface area contributed by atoms with E-state index in [-0.39, 0.29) is 18.3 Å². The molecule has 2 aliphatic rings. The number of primary amides is 1. The smallest absolute Gasteiger partial charge is 0.288 e. The molecule has 10 nitrogen and oxygen atoms in total. The van der Waals surface area contributed by atoms with Gasteiger partial charge in [0.05, 0.1) is 5.69 Å². The van der Waals surface area contributed by atoms with Crippen molar-refractivity contribution < 1.29 is 19.4 Å². The quantitative estimate of drug-likeness (QED) is 0.463. The molecule has 0 unspecified atom stereocenters. The number of anilines is 1. The van der Waals surface area contributed by atoms with Crippen molar-refractivity contribution in [2.45, 2.75) is 18.1 Å². The van der Waals surface area contributed by atoms with E-state index in [1.54, 1.807) is 25.2 Å². The molecular weight excluding hydrogens is 448 g/mol. The summed E-state index contributed by atoms with van der Waals surface area (Å²) in [7, 11) is 1.65. The monoisotopic (exact) mass is 472 g/mol. The van der Waals surface area contributed by atoms with Crippen LogP contribution in [0.4, 0.5) is 5.69 Å². The van der Waals surface area contributed by atoms with Gasteiger partial charge in [0, 0.05) is 32.1 Å². The van der Waals surface area contributed by atoms with Crippen LogP contribution in [-0.4, -0.2) is 64.0 Å². The highest BCUT2D eigenvalue weighted by Gasteiger charge is 2.34. The number of hydrogen-bond donors (Lipinski definition) is 3. The number of carbonyl (C=O) groups excluding carboxylic acids is 2. The van der Waals surface area contributed by atoms with Gasteiger partial charge in [-0.1, -0.05) is 42.2 Å². The number of amides is 2. The lowest BCUT2D eigenvalue weighted by molar-refractivity contribution is -0.122. The lowest BCUT2D eigenvalue weighted by atomic mass is 9.98. The topological polar surface area (TPSA) is 136 Å². The van der Waals surface area contributed by atoms with Gasteiger partial charge in [-0.15, -0.1) is 5.10 Å². The van der Waals surface area contributed by atoms with Gasteiger partial charge in [-0.3, -0.25) is 9.59 Å². The second kappa shape index (κ2) is 8.87. The molecular formula is C25H24N6O4. The lowest BCUT2D eigenvalue weighted by Crippen LogP contribution is -2.58. The molecule has 1 atom stereocenters. The van der Waals surface area contributed by atoms with E-state index in [0.717, 1.165) is 5.56 Å². The molecule has 4 N–H and O–H groups in total. The molecule has 2 aromatic carbocycles. The van der Waals surface area contributed by atoms with E-state index >= 15 is 0 Å². The first-order chi connectivity index (χ1) is 16.8. The second-order valence-corrected chi connectivity index (χ2v) is 8.61.